The minimum absolute atomic E-state index is 0.0799. The molecule has 0 spiro atoms. The Morgan fingerprint density at radius 2 is 1.32 bits per heavy atom. The molecule has 1 amide bonds. The van der Waals surface area contributed by atoms with Gasteiger partial charge in [0, 0.05) is 15.7 Å². The van der Waals surface area contributed by atoms with Crippen LogP contribution in [-0.4, -0.2) is 5.91 Å². The van der Waals surface area contributed by atoms with E-state index in [9.17, 15) is 4.79 Å². The molecule has 3 rings (SSSR count). The van der Waals surface area contributed by atoms with Crippen LogP contribution in [0, 0.1) is 0 Å². The van der Waals surface area contributed by atoms with Crippen LogP contribution in [-0.2, 0) is 0 Å². The minimum Gasteiger partial charge on any atom is -0.321 e. The summed E-state index contributed by atoms with van der Waals surface area (Å²) >= 11 is 3.42. The fraction of sp³-hybridized carbons (Fsp3) is 0.240. The Bertz CT molecular complexity index is 931. The molecule has 0 aromatic heterocycles. The number of hydrogen-bond acceptors (Lipinski definition) is 1. The molecule has 0 aliphatic rings. The number of nitrogens with one attached hydrogen (secondary N) is 1. The summed E-state index contributed by atoms with van der Waals surface area (Å²) in [7, 11) is 0. The highest BCUT2D eigenvalue weighted by Crippen LogP contribution is 2.37. The summed E-state index contributed by atoms with van der Waals surface area (Å²) in [5.41, 5.74) is 6.30. The summed E-state index contributed by atoms with van der Waals surface area (Å²) in [4.78, 5) is 12.9. The Morgan fingerprint density at radius 1 is 0.786 bits per heavy atom. The van der Waals surface area contributed by atoms with Crippen molar-refractivity contribution in [3.8, 4) is 11.1 Å². The lowest BCUT2D eigenvalue weighted by Crippen LogP contribution is -2.16. The maximum Gasteiger partial charge on any atom is 0.255 e. The number of hydrogen-bond donors (Lipinski definition) is 1. The lowest BCUT2D eigenvalue weighted by atomic mass is 9.88. The molecule has 0 saturated carbocycles. The van der Waals surface area contributed by atoms with Gasteiger partial charge in [-0.3, -0.25) is 4.79 Å². The van der Waals surface area contributed by atoms with Crippen LogP contribution in [0.1, 0.15) is 61.0 Å². The number of amides is 1. The first-order valence-electron chi connectivity index (χ1n) is 9.67. The van der Waals surface area contributed by atoms with E-state index in [1.165, 1.54) is 11.1 Å². The van der Waals surface area contributed by atoms with E-state index in [-0.39, 0.29) is 5.91 Å². The van der Waals surface area contributed by atoms with E-state index in [0.717, 1.165) is 21.3 Å². The molecule has 3 aromatic rings. The zero-order valence-corrected chi connectivity index (χ0v) is 18.4. The molecular formula is C25H26BrNO. The fourth-order valence-electron chi connectivity index (χ4n) is 3.33. The number of rotatable bonds is 5. The lowest BCUT2D eigenvalue weighted by molar-refractivity contribution is 0.102. The second kappa shape index (κ2) is 8.74. The molecule has 0 fully saturated rings. The molecule has 0 unspecified atom stereocenters. The third-order valence-corrected chi connectivity index (χ3v) is 5.42. The van der Waals surface area contributed by atoms with E-state index in [4.69, 9.17) is 0 Å². The number of halogens is 1. The van der Waals surface area contributed by atoms with Crippen LogP contribution in [0.5, 0.6) is 0 Å². The topological polar surface area (TPSA) is 29.1 Å². The number of anilines is 1. The van der Waals surface area contributed by atoms with Crippen LogP contribution in [0.15, 0.2) is 71.2 Å². The molecule has 0 bridgehead atoms. The second-order valence-corrected chi connectivity index (χ2v) is 8.58. The Kier molecular flexibility index (Phi) is 6.35. The Balaban J connectivity index is 2.08. The monoisotopic (exact) mass is 435 g/mol. The van der Waals surface area contributed by atoms with Gasteiger partial charge in [0.2, 0.25) is 0 Å². The third-order valence-electron chi connectivity index (χ3n) is 4.90. The highest BCUT2D eigenvalue weighted by molar-refractivity contribution is 9.10. The summed E-state index contributed by atoms with van der Waals surface area (Å²) in [5, 5.41) is 3.20. The molecule has 0 saturated heterocycles. The summed E-state index contributed by atoms with van der Waals surface area (Å²) in [6.07, 6.45) is 0. The van der Waals surface area contributed by atoms with Gasteiger partial charge in [-0.05, 0) is 70.5 Å². The molecular weight excluding hydrogens is 410 g/mol. The molecule has 0 aliphatic carbocycles. The lowest BCUT2D eigenvalue weighted by Gasteiger charge is -2.22. The maximum atomic E-state index is 12.9. The first kappa shape index (κ1) is 20.3. The molecule has 0 radical (unpaired) electrons. The minimum atomic E-state index is -0.0799. The van der Waals surface area contributed by atoms with Gasteiger partial charge in [-0.1, -0.05) is 74.0 Å². The van der Waals surface area contributed by atoms with E-state index in [0.29, 0.717) is 17.4 Å². The van der Waals surface area contributed by atoms with Crippen LogP contribution >= 0.6 is 15.9 Å². The largest absolute Gasteiger partial charge is 0.321 e. The van der Waals surface area contributed by atoms with Crippen molar-refractivity contribution in [2.75, 3.05) is 5.32 Å². The van der Waals surface area contributed by atoms with Crippen LogP contribution in [0.3, 0.4) is 0 Å². The summed E-state index contributed by atoms with van der Waals surface area (Å²) < 4.78 is 0.960. The van der Waals surface area contributed by atoms with E-state index in [2.05, 4.69) is 85.3 Å². The number of carbonyl (C=O) groups excluding carboxylic acids is 1. The van der Waals surface area contributed by atoms with Crippen molar-refractivity contribution < 1.29 is 4.79 Å². The molecule has 3 aromatic carbocycles. The van der Waals surface area contributed by atoms with Gasteiger partial charge in [-0.15, -0.1) is 0 Å². The van der Waals surface area contributed by atoms with Gasteiger partial charge in [0.15, 0.2) is 0 Å². The van der Waals surface area contributed by atoms with Crippen LogP contribution < -0.4 is 5.32 Å². The zero-order valence-electron chi connectivity index (χ0n) is 16.8. The van der Waals surface area contributed by atoms with Crippen molar-refractivity contribution in [2.45, 2.75) is 39.5 Å². The third kappa shape index (κ3) is 4.53. The average molecular weight is 436 g/mol. The summed E-state index contributed by atoms with van der Waals surface area (Å²) in [5.74, 6) is 0.506. The van der Waals surface area contributed by atoms with Crippen molar-refractivity contribution >= 4 is 27.5 Å². The average Bonchev–Trinajstić information content (AvgIpc) is 2.68. The van der Waals surface area contributed by atoms with Crippen LogP contribution in [0.4, 0.5) is 5.69 Å². The van der Waals surface area contributed by atoms with E-state index < -0.39 is 0 Å². The van der Waals surface area contributed by atoms with Gasteiger partial charge < -0.3 is 5.32 Å². The maximum absolute atomic E-state index is 12.9. The Morgan fingerprint density at radius 3 is 1.82 bits per heavy atom. The van der Waals surface area contributed by atoms with E-state index in [1.54, 1.807) is 0 Å². The first-order valence-corrected chi connectivity index (χ1v) is 10.5. The van der Waals surface area contributed by atoms with Crippen molar-refractivity contribution in [2.24, 2.45) is 0 Å². The normalized spacial score (nSPS) is 11.1. The highest BCUT2D eigenvalue weighted by atomic mass is 79.9. The zero-order chi connectivity index (χ0) is 20.3. The molecule has 28 heavy (non-hydrogen) atoms. The van der Waals surface area contributed by atoms with Crippen molar-refractivity contribution in [1.29, 1.82) is 0 Å². The first-order chi connectivity index (χ1) is 13.4. The van der Waals surface area contributed by atoms with Gasteiger partial charge >= 0.3 is 0 Å². The smallest absolute Gasteiger partial charge is 0.255 e. The van der Waals surface area contributed by atoms with Gasteiger partial charge in [0.05, 0.1) is 0 Å². The van der Waals surface area contributed by atoms with Gasteiger partial charge in [0.25, 0.3) is 5.91 Å². The van der Waals surface area contributed by atoms with Crippen LogP contribution in [0.2, 0.25) is 0 Å². The highest BCUT2D eigenvalue weighted by Gasteiger charge is 2.19. The molecule has 0 heterocycles. The fourth-order valence-corrected chi connectivity index (χ4v) is 3.59. The summed E-state index contributed by atoms with van der Waals surface area (Å²) in [6.45, 7) is 8.68. The van der Waals surface area contributed by atoms with Crippen LogP contribution in [0.25, 0.3) is 11.1 Å². The second-order valence-electron chi connectivity index (χ2n) is 7.67. The van der Waals surface area contributed by atoms with E-state index in [1.807, 2.05) is 30.3 Å². The molecule has 0 aliphatic heterocycles. The molecule has 3 heteroatoms. The standard InChI is InChI=1S/C25H26BrNO/c1-16(2)22-14-20(18-8-6-5-7-9-18)15-23(17(3)4)24(22)27-25(28)19-10-12-21(26)13-11-19/h5-17H,1-4H3,(H,27,28). The van der Waals surface area contributed by atoms with E-state index >= 15 is 0 Å². The predicted molar refractivity (Wildman–Crippen MR) is 122 cm³/mol. The SMILES string of the molecule is CC(C)c1cc(-c2ccccc2)cc(C(C)C)c1NC(=O)c1ccc(Br)cc1. The quantitative estimate of drug-likeness (QED) is 0.438. The molecule has 0 atom stereocenters. The van der Waals surface area contributed by atoms with Gasteiger partial charge in [0.1, 0.15) is 0 Å². The van der Waals surface area contributed by atoms with Crippen molar-refractivity contribution in [3.63, 3.8) is 0 Å². The Labute approximate surface area is 176 Å². The summed E-state index contributed by atoms with van der Waals surface area (Å²) in [6, 6.07) is 22.3. The Hall–Kier alpha value is -2.39. The van der Waals surface area contributed by atoms with Gasteiger partial charge in [-0.25, -0.2) is 0 Å². The van der Waals surface area contributed by atoms with Crippen molar-refractivity contribution in [1.82, 2.24) is 0 Å². The number of benzene rings is 3. The predicted octanol–water partition coefficient (Wildman–Crippen LogP) is 7.62. The van der Waals surface area contributed by atoms with Gasteiger partial charge in [-0.2, -0.15) is 0 Å². The number of carbonyl (C=O) groups is 1. The molecule has 1 N–H and O–H groups in total. The molecule has 144 valence electrons. The van der Waals surface area contributed by atoms with Crippen molar-refractivity contribution in [3.05, 3.63) is 87.9 Å². The molecule has 2 nitrogen and oxygen atoms in total.